The second kappa shape index (κ2) is 6.05. The van der Waals surface area contributed by atoms with E-state index < -0.39 is 29.3 Å². The molecule has 0 aliphatic heterocycles. The van der Waals surface area contributed by atoms with Gasteiger partial charge in [-0.25, -0.2) is 17.6 Å². The van der Waals surface area contributed by atoms with E-state index in [1.807, 2.05) is 0 Å². The molecule has 0 aromatic heterocycles. The fourth-order valence-corrected chi connectivity index (χ4v) is 2.12. The lowest BCUT2D eigenvalue weighted by molar-refractivity contribution is 0.466. The van der Waals surface area contributed by atoms with E-state index in [9.17, 15) is 17.6 Å². The highest BCUT2D eigenvalue weighted by atomic mass is 19.2. The first-order valence-electron chi connectivity index (χ1n) is 6.08. The number of rotatable bonds is 4. The summed E-state index contributed by atoms with van der Waals surface area (Å²) < 4.78 is 54.2. The van der Waals surface area contributed by atoms with Gasteiger partial charge in [0.1, 0.15) is 11.6 Å². The Kier molecular flexibility index (Phi) is 4.39. The number of likely N-dealkylation sites (N-methyl/N-ethyl adjacent to an activating group) is 1. The standard InChI is InChI=1S/C15H13F4N/c1-20-13(14-10(16)5-3-6-11(14)17)8-9-4-2-7-12(18)15(9)19/h2-7,13,20H,8H2,1H3. The maximum atomic E-state index is 13.7. The molecule has 0 heterocycles. The van der Waals surface area contributed by atoms with Crippen molar-refractivity contribution >= 4 is 0 Å². The fraction of sp³-hybridized carbons (Fsp3) is 0.200. The van der Waals surface area contributed by atoms with Crippen LogP contribution in [0.15, 0.2) is 36.4 Å². The zero-order valence-corrected chi connectivity index (χ0v) is 10.8. The van der Waals surface area contributed by atoms with Gasteiger partial charge in [0.25, 0.3) is 0 Å². The summed E-state index contributed by atoms with van der Waals surface area (Å²) in [6, 6.07) is 6.47. The average Bonchev–Trinajstić information content (AvgIpc) is 2.42. The molecular formula is C15H13F4N. The molecule has 2 aromatic carbocycles. The van der Waals surface area contributed by atoms with Gasteiger partial charge in [-0.3, -0.25) is 0 Å². The third-order valence-electron chi connectivity index (χ3n) is 3.15. The molecule has 106 valence electrons. The van der Waals surface area contributed by atoms with Crippen molar-refractivity contribution in [2.24, 2.45) is 0 Å². The lowest BCUT2D eigenvalue weighted by atomic mass is 9.97. The third-order valence-corrected chi connectivity index (χ3v) is 3.15. The number of nitrogens with one attached hydrogen (secondary N) is 1. The summed E-state index contributed by atoms with van der Waals surface area (Å²) in [5.41, 5.74) is -0.120. The Hall–Kier alpha value is -1.88. The highest BCUT2D eigenvalue weighted by Crippen LogP contribution is 2.25. The number of hydrogen-bond acceptors (Lipinski definition) is 1. The van der Waals surface area contributed by atoms with E-state index >= 15 is 0 Å². The molecule has 1 nitrogen and oxygen atoms in total. The van der Waals surface area contributed by atoms with Crippen LogP contribution in [0.5, 0.6) is 0 Å². The average molecular weight is 283 g/mol. The van der Waals surface area contributed by atoms with Crippen molar-refractivity contribution in [3.05, 3.63) is 70.8 Å². The molecule has 2 aromatic rings. The van der Waals surface area contributed by atoms with Gasteiger partial charge in [0.05, 0.1) is 0 Å². The maximum absolute atomic E-state index is 13.7. The van der Waals surface area contributed by atoms with Crippen LogP contribution >= 0.6 is 0 Å². The SMILES string of the molecule is CNC(Cc1cccc(F)c1F)c1c(F)cccc1F. The van der Waals surface area contributed by atoms with Gasteiger partial charge in [-0.2, -0.15) is 0 Å². The quantitative estimate of drug-likeness (QED) is 0.843. The summed E-state index contributed by atoms with van der Waals surface area (Å²) in [6.45, 7) is 0. The smallest absolute Gasteiger partial charge is 0.162 e. The van der Waals surface area contributed by atoms with Gasteiger partial charge in [0, 0.05) is 11.6 Å². The van der Waals surface area contributed by atoms with E-state index in [1.54, 1.807) is 0 Å². The minimum Gasteiger partial charge on any atom is -0.313 e. The van der Waals surface area contributed by atoms with E-state index in [1.165, 1.54) is 25.2 Å². The normalized spacial score (nSPS) is 12.4. The van der Waals surface area contributed by atoms with E-state index in [0.29, 0.717) is 0 Å². The van der Waals surface area contributed by atoms with Gasteiger partial charge < -0.3 is 5.32 Å². The minimum absolute atomic E-state index is 0.0576. The van der Waals surface area contributed by atoms with E-state index in [-0.39, 0.29) is 17.5 Å². The van der Waals surface area contributed by atoms with Crippen molar-refractivity contribution < 1.29 is 17.6 Å². The molecule has 2 rings (SSSR count). The van der Waals surface area contributed by atoms with Crippen LogP contribution in [-0.4, -0.2) is 7.05 Å². The van der Waals surface area contributed by atoms with Crippen LogP contribution in [0.1, 0.15) is 17.2 Å². The lowest BCUT2D eigenvalue weighted by Gasteiger charge is -2.18. The molecular weight excluding hydrogens is 270 g/mol. The van der Waals surface area contributed by atoms with Crippen LogP contribution in [0.2, 0.25) is 0 Å². The Morgan fingerprint density at radius 1 is 0.900 bits per heavy atom. The summed E-state index contributed by atoms with van der Waals surface area (Å²) in [5, 5.41) is 2.73. The highest BCUT2D eigenvalue weighted by Gasteiger charge is 2.21. The predicted octanol–water partition coefficient (Wildman–Crippen LogP) is 3.75. The summed E-state index contributed by atoms with van der Waals surface area (Å²) in [7, 11) is 1.51. The van der Waals surface area contributed by atoms with Crippen molar-refractivity contribution in [3.63, 3.8) is 0 Å². The number of hydrogen-bond donors (Lipinski definition) is 1. The van der Waals surface area contributed by atoms with Gasteiger partial charge in [0.15, 0.2) is 11.6 Å². The molecule has 0 saturated heterocycles. The molecule has 20 heavy (non-hydrogen) atoms. The molecule has 0 bridgehead atoms. The predicted molar refractivity (Wildman–Crippen MR) is 68.2 cm³/mol. The molecule has 5 heteroatoms. The molecule has 0 fully saturated rings. The summed E-state index contributed by atoms with van der Waals surface area (Å²) in [5.74, 6) is -3.42. The topological polar surface area (TPSA) is 12.0 Å². The Labute approximate surface area is 114 Å². The summed E-state index contributed by atoms with van der Waals surface area (Å²) >= 11 is 0. The minimum atomic E-state index is -0.996. The molecule has 1 unspecified atom stereocenters. The zero-order valence-electron chi connectivity index (χ0n) is 10.8. The first kappa shape index (κ1) is 14.5. The highest BCUT2D eigenvalue weighted by molar-refractivity contribution is 5.27. The summed E-state index contributed by atoms with van der Waals surface area (Å²) in [6.07, 6.45) is -0.0576. The van der Waals surface area contributed by atoms with Crippen LogP contribution in [0.25, 0.3) is 0 Å². The molecule has 1 N–H and O–H groups in total. The molecule has 0 aliphatic rings. The van der Waals surface area contributed by atoms with Crippen molar-refractivity contribution in [3.8, 4) is 0 Å². The third kappa shape index (κ3) is 2.82. The van der Waals surface area contributed by atoms with E-state index in [2.05, 4.69) is 5.32 Å². The van der Waals surface area contributed by atoms with Gasteiger partial charge in [-0.05, 0) is 37.2 Å². The van der Waals surface area contributed by atoms with Crippen LogP contribution in [-0.2, 0) is 6.42 Å². The Balaban J connectivity index is 2.37. The maximum Gasteiger partial charge on any atom is 0.162 e. The second-order valence-electron chi connectivity index (χ2n) is 4.39. The van der Waals surface area contributed by atoms with Gasteiger partial charge in [0.2, 0.25) is 0 Å². The van der Waals surface area contributed by atoms with Gasteiger partial charge in [-0.1, -0.05) is 18.2 Å². The van der Waals surface area contributed by atoms with Crippen molar-refractivity contribution in [1.82, 2.24) is 5.32 Å². The second-order valence-corrected chi connectivity index (χ2v) is 4.39. The molecule has 0 saturated carbocycles. The zero-order chi connectivity index (χ0) is 14.7. The monoisotopic (exact) mass is 283 g/mol. The molecule has 0 aliphatic carbocycles. The fourth-order valence-electron chi connectivity index (χ4n) is 2.12. The Morgan fingerprint density at radius 3 is 2.05 bits per heavy atom. The van der Waals surface area contributed by atoms with E-state index in [0.717, 1.165) is 18.2 Å². The van der Waals surface area contributed by atoms with Crippen LogP contribution in [0.3, 0.4) is 0 Å². The van der Waals surface area contributed by atoms with Crippen molar-refractivity contribution in [2.75, 3.05) is 7.05 Å². The van der Waals surface area contributed by atoms with E-state index in [4.69, 9.17) is 0 Å². The van der Waals surface area contributed by atoms with Crippen LogP contribution in [0.4, 0.5) is 17.6 Å². The lowest BCUT2D eigenvalue weighted by Crippen LogP contribution is -2.22. The van der Waals surface area contributed by atoms with Gasteiger partial charge >= 0.3 is 0 Å². The summed E-state index contributed by atoms with van der Waals surface area (Å²) in [4.78, 5) is 0. The van der Waals surface area contributed by atoms with Crippen LogP contribution < -0.4 is 5.32 Å². The first-order chi connectivity index (χ1) is 9.54. The van der Waals surface area contributed by atoms with Gasteiger partial charge in [-0.15, -0.1) is 0 Å². The largest absolute Gasteiger partial charge is 0.313 e. The molecule has 0 spiro atoms. The molecule has 1 atom stereocenters. The molecule has 0 amide bonds. The Bertz CT molecular complexity index is 593. The van der Waals surface area contributed by atoms with Crippen LogP contribution in [0, 0.1) is 23.3 Å². The first-order valence-corrected chi connectivity index (χ1v) is 6.08. The molecule has 0 radical (unpaired) electrons. The van der Waals surface area contributed by atoms with Crippen molar-refractivity contribution in [2.45, 2.75) is 12.5 Å². The van der Waals surface area contributed by atoms with Crippen molar-refractivity contribution in [1.29, 1.82) is 0 Å². The number of halogens is 4. The Morgan fingerprint density at radius 2 is 1.45 bits per heavy atom. The number of benzene rings is 2.